The molecule has 0 radical (unpaired) electrons. The predicted octanol–water partition coefficient (Wildman–Crippen LogP) is 0.150. The fraction of sp³-hybridized carbons (Fsp3) is 0.727. The molecule has 0 aliphatic carbocycles. The second-order valence-electron chi connectivity index (χ2n) is 5.06. The third kappa shape index (κ3) is 3.90. The van der Waals surface area contributed by atoms with Crippen LogP contribution in [0.1, 0.15) is 20.8 Å². The maximum Gasteiger partial charge on any atom is 0.407 e. The summed E-state index contributed by atoms with van der Waals surface area (Å²) in [5.41, 5.74) is -0.713. The van der Waals surface area contributed by atoms with Crippen molar-refractivity contribution in [2.24, 2.45) is 0 Å². The van der Waals surface area contributed by atoms with Gasteiger partial charge in [-0.25, -0.2) is 9.59 Å². The summed E-state index contributed by atoms with van der Waals surface area (Å²) in [5.74, 6) is -1.61. The summed E-state index contributed by atoms with van der Waals surface area (Å²) in [7, 11) is 0. The Kier molecular flexibility index (Phi) is 4.15. The van der Waals surface area contributed by atoms with Crippen molar-refractivity contribution < 1.29 is 24.2 Å². The molecule has 102 valence electrons. The van der Waals surface area contributed by atoms with Crippen molar-refractivity contribution >= 4 is 18.0 Å². The highest BCUT2D eigenvalue weighted by atomic mass is 16.6. The highest BCUT2D eigenvalue weighted by Crippen LogP contribution is 2.09. The maximum absolute atomic E-state index is 11.7. The van der Waals surface area contributed by atoms with Gasteiger partial charge in [-0.15, -0.1) is 0 Å². The van der Waals surface area contributed by atoms with E-state index in [4.69, 9.17) is 9.84 Å². The Labute approximate surface area is 105 Å². The van der Waals surface area contributed by atoms with E-state index >= 15 is 0 Å². The molecule has 0 atom stereocenters. The van der Waals surface area contributed by atoms with Gasteiger partial charge >= 0.3 is 18.0 Å². The van der Waals surface area contributed by atoms with Crippen LogP contribution in [0.25, 0.3) is 0 Å². The van der Waals surface area contributed by atoms with Gasteiger partial charge in [0.15, 0.2) is 0 Å². The minimum Gasteiger partial charge on any atom is -0.465 e. The lowest BCUT2D eigenvalue weighted by Crippen LogP contribution is -2.52. The van der Waals surface area contributed by atoms with Crippen LogP contribution in [0.5, 0.6) is 0 Å². The number of carboxylic acid groups (broad SMARTS) is 1. The first-order chi connectivity index (χ1) is 8.20. The molecule has 1 N–H and O–H groups in total. The van der Waals surface area contributed by atoms with E-state index in [1.807, 2.05) is 0 Å². The molecule has 7 heteroatoms. The van der Waals surface area contributed by atoms with E-state index in [9.17, 15) is 14.4 Å². The van der Waals surface area contributed by atoms with Gasteiger partial charge in [-0.1, -0.05) is 0 Å². The van der Waals surface area contributed by atoms with Gasteiger partial charge in [-0.05, 0) is 20.8 Å². The Hall–Kier alpha value is -1.79. The Balaban J connectivity index is 2.50. The average molecular weight is 258 g/mol. The molecule has 0 spiro atoms. The second kappa shape index (κ2) is 5.24. The van der Waals surface area contributed by atoms with Gasteiger partial charge in [0.1, 0.15) is 5.60 Å². The van der Waals surface area contributed by atoms with Crippen molar-refractivity contribution in [1.82, 2.24) is 9.80 Å². The molecule has 1 fully saturated rings. The van der Waals surface area contributed by atoms with Crippen molar-refractivity contribution in [3.8, 4) is 0 Å². The summed E-state index contributed by atoms with van der Waals surface area (Å²) in [4.78, 5) is 36.5. The van der Waals surface area contributed by atoms with E-state index in [1.54, 1.807) is 20.8 Å². The van der Waals surface area contributed by atoms with Gasteiger partial charge in [0.2, 0.25) is 0 Å². The van der Waals surface area contributed by atoms with Crippen molar-refractivity contribution in [2.45, 2.75) is 26.4 Å². The number of ether oxygens (including phenoxy) is 1. The van der Waals surface area contributed by atoms with Crippen LogP contribution in [0.3, 0.4) is 0 Å². The van der Waals surface area contributed by atoms with Crippen LogP contribution in [-0.2, 0) is 14.3 Å². The maximum atomic E-state index is 11.7. The average Bonchev–Trinajstić information content (AvgIpc) is 2.26. The number of rotatable bonds is 0. The van der Waals surface area contributed by atoms with Crippen molar-refractivity contribution in [1.29, 1.82) is 0 Å². The first-order valence-corrected chi connectivity index (χ1v) is 5.71. The fourth-order valence-corrected chi connectivity index (χ4v) is 1.55. The molecule has 1 rings (SSSR count). The monoisotopic (exact) mass is 258 g/mol. The van der Waals surface area contributed by atoms with E-state index in [-0.39, 0.29) is 26.2 Å². The van der Waals surface area contributed by atoms with Crippen LogP contribution in [0.4, 0.5) is 4.79 Å². The number of hydrogen-bond acceptors (Lipinski definition) is 4. The van der Waals surface area contributed by atoms with Crippen LogP contribution in [-0.4, -0.2) is 64.7 Å². The molecule has 2 amide bonds. The standard InChI is InChI=1S/C11H18N2O5/c1-11(2,3)18-9(15)8(14)12-4-6-13(7-5-12)10(16)17/h4-7H2,1-3H3,(H,16,17). The predicted molar refractivity (Wildman–Crippen MR) is 62.0 cm³/mol. The zero-order valence-electron chi connectivity index (χ0n) is 10.8. The largest absolute Gasteiger partial charge is 0.465 e. The number of esters is 1. The van der Waals surface area contributed by atoms with E-state index in [0.29, 0.717) is 0 Å². The second-order valence-corrected chi connectivity index (χ2v) is 5.06. The third-order valence-electron chi connectivity index (χ3n) is 2.41. The Bertz CT molecular complexity index is 353. The normalized spacial score (nSPS) is 16.4. The number of amides is 2. The first kappa shape index (κ1) is 14.3. The van der Waals surface area contributed by atoms with Crippen LogP contribution in [0, 0.1) is 0 Å². The lowest BCUT2D eigenvalue weighted by molar-refractivity contribution is -0.168. The summed E-state index contributed by atoms with van der Waals surface area (Å²) in [6, 6.07) is 0. The molecule has 1 aliphatic rings. The van der Waals surface area contributed by atoms with Crippen LogP contribution in [0.2, 0.25) is 0 Å². The summed E-state index contributed by atoms with van der Waals surface area (Å²) in [6.07, 6.45) is -1.01. The molecule has 7 nitrogen and oxygen atoms in total. The summed E-state index contributed by atoms with van der Waals surface area (Å²) >= 11 is 0. The molecule has 0 saturated carbocycles. The lowest BCUT2D eigenvalue weighted by atomic mass is 10.2. The number of nitrogens with zero attached hydrogens (tertiary/aromatic N) is 2. The Morgan fingerprint density at radius 2 is 1.44 bits per heavy atom. The van der Waals surface area contributed by atoms with E-state index in [1.165, 1.54) is 9.80 Å². The quantitative estimate of drug-likeness (QED) is 0.493. The van der Waals surface area contributed by atoms with E-state index < -0.39 is 23.6 Å². The summed E-state index contributed by atoms with van der Waals surface area (Å²) in [6.45, 7) is 5.89. The van der Waals surface area contributed by atoms with Crippen LogP contribution in [0.15, 0.2) is 0 Å². The highest BCUT2D eigenvalue weighted by molar-refractivity contribution is 6.32. The summed E-state index contributed by atoms with van der Waals surface area (Å²) < 4.78 is 4.97. The number of carbonyl (C=O) groups is 3. The first-order valence-electron chi connectivity index (χ1n) is 5.71. The number of hydrogen-bond donors (Lipinski definition) is 1. The van der Waals surface area contributed by atoms with Gasteiger partial charge in [-0.3, -0.25) is 4.79 Å². The fourth-order valence-electron chi connectivity index (χ4n) is 1.55. The molecule has 0 aromatic heterocycles. The summed E-state index contributed by atoms with van der Waals surface area (Å²) in [5, 5.41) is 8.76. The Morgan fingerprint density at radius 1 is 1.00 bits per heavy atom. The van der Waals surface area contributed by atoms with Gasteiger partial charge in [0, 0.05) is 26.2 Å². The molecular weight excluding hydrogens is 240 g/mol. The van der Waals surface area contributed by atoms with Crippen molar-refractivity contribution in [3.63, 3.8) is 0 Å². The van der Waals surface area contributed by atoms with Gasteiger partial charge in [0.25, 0.3) is 0 Å². The van der Waals surface area contributed by atoms with E-state index in [0.717, 1.165) is 0 Å². The van der Waals surface area contributed by atoms with Crippen LogP contribution >= 0.6 is 0 Å². The highest BCUT2D eigenvalue weighted by Gasteiger charge is 2.30. The minimum atomic E-state index is -1.01. The molecule has 18 heavy (non-hydrogen) atoms. The number of piperazine rings is 1. The van der Waals surface area contributed by atoms with Gasteiger partial charge < -0.3 is 19.6 Å². The lowest BCUT2D eigenvalue weighted by Gasteiger charge is -2.33. The SMILES string of the molecule is CC(C)(C)OC(=O)C(=O)N1CCN(C(=O)O)CC1. The molecular formula is C11H18N2O5. The molecule has 0 aromatic rings. The molecule has 0 aromatic carbocycles. The number of carbonyl (C=O) groups excluding carboxylic acids is 2. The molecule has 1 aliphatic heterocycles. The topological polar surface area (TPSA) is 87.2 Å². The zero-order valence-corrected chi connectivity index (χ0v) is 10.8. The zero-order chi connectivity index (χ0) is 13.9. The van der Waals surface area contributed by atoms with Crippen molar-refractivity contribution in [2.75, 3.05) is 26.2 Å². The van der Waals surface area contributed by atoms with Crippen molar-refractivity contribution in [3.05, 3.63) is 0 Å². The molecule has 0 bridgehead atoms. The van der Waals surface area contributed by atoms with Crippen LogP contribution < -0.4 is 0 Å². The molecule has 1 saturated heterocycles. The Morgan fingerprint density at radius 3 is 1.83 bits per heavy atom. The van der Waals surface area contributed by atoms with E-state index in [2.05, 4.69) is 0 Å². The molecule has 0 unspecified atom stereocenters. The molecule has 1 heterocycles. The van der Waals surface area contributed by atoms with Gasteiger partial charge in [0.05, 0.1) is 0 Å². The van der Waals surface area contributed by atoms with Gasteiger partial charge in [-0.2, -0.15) is 0 Å². The third-order valence-corrected chi connectivity index (χ3v) is 2.41. The smallest absolute Gasteiger partial charge is 0.407 e. The minimum absolute atomic E-state index is 0.212.